The fraction of sp³-hybridized carbons (Fsp3) is 0.316. The minimum absolute atomic E-state index is 0.0748. The molecule has 0 atom stereocenters. The van der Waals surface area contributed by atoms with E-state index >= 15 is 0 Å². The number of rotatable bonds is 4. The smallest absolute Gasteiger partial charge is 0.253 e. The van der Waals surface area contributed by atoms with E-state index in [2.05, 4.69) is 0 Å². The van der Waals surface area contributed by atoms with Gasteiger partial charge in [0, 0.05) is 31.5 Å². The second-order valence-corrected chi connectivity index (χ2v) is 5.65. The van der Waals surface area contributed by atoms with Crippen molar-refractivity contribution in [2.45, 2.75) is 18.9 Å². The van der Waals surface area contributed by atoms with Crippen LogP contribution in [0.1, 0.15) is 23.2 Å². The third kappa shape index (κ3) is 3.83. The molecule has 0 N–H and O–H groups in total. The molecule has 3 rings (SSSR count). The molecule has 120 valence electrons. The Kier molecular flexibility index (Phi) is 4.81. The summed E-state index contributed by atoms with van der Waals surface area (Å²) in [5.74, 6) is 1.73. The Morgan fingerprint density at radius 3 is 2.22 bits per heavy atom. The summed E-state index contributed by atoms with van der Waals surface area (Å²) < 4.78 is 11.1. The summed E-state index contributed by atoms with van der Waals surface area (Å²) in [6, 6.07) is 17.1. The van der Waals surface area contributed by atoms with Gasteiger partial charge in [0.05, 0.1) is 7.11 Å². The van der Waals surface area contributed by atoms with Crippen molar-refractivity contribution in [2.24, 2.45) is 0 Å². The number of hydrogen-bond donors (Lipinski definition) is 0. The summed E-state index contributed by atoms with van der Waals surface area (Å²) in [4.78, 5) is 14.4. The van der Waals surface area contributed by atoms with Crippen LogP contribution in [-0.4, -0.2) is 37.1 Å². The largest absolute Gasteiger partial charge is 0.497 e. The second-order valence-electron chi connectivity index (χ2n) is 5.65. The van der Waals surface area contributed by atoms with Gasteiger partial charge in [0.25, 0.3) is 5.91 Å². The van der Waals surface area contributed by atoms with Crippen LogP contribution in [0, 0.1) is 0 Å². The fourth-order valence-electron chi connectivity index (χ4n) is 2.78. The van der Waals surface area contributed by atoms with Gasteiger partial charge >= 0.3 is 0 Å². The van der Waals surface area contributed by atoms with Gasteiger partial charge < -0.3 is 14.4 Å². The average Bonchev–Trinajstić information content (AvgIpc) is 2.63. The number of methoxy groups -OCH3 is 1. The van der Waals surface area contributed by atoms with Gasteiger partial charge in [-0.1, -0.05) is 18.2 Å². The second kappa shape index (κ2) is 7.18. The van der Waals surface area contributed by atoms with Gasteiger partial charge in [-0.3, -0.25) is 4.79 Å². The number of nitrogens with zero attached hydrogens (tertiary/aromatic N) is 1. The van der Waals surface area contributed by atoms with Gasteiger partial charge in [0.15, 0.2) is 0 Å². The van der Waals surface area contributed by atoms with Gasteiger partial charge in [0.1, 0.15) is 17.6 Å². The highest BCUT2D eigenvalue weighted by molar-refractivity contribution is 5.94. The Hall–Kier alpha value is -2.49. The molecule has 23 heavy (non-hydrogen) atoms. The summed E-state index contributed by atoms with van der Waals surface area (Å²) in [6.45, 7) is 1.45. The molecule has 1 saturated heterocycles. The van der Waals surface area contributed by atoms with E-state index in [1.54, 1.807) is 7.11 Å². The summed E-state index contributed by atoms with van der Waals surface area (Å²) in [7, 11) is 1.62. The number of ether oxygens (including phenoxy) is 2. The van der Waals surface area contributed by atoms with Crippen LogP contribution in [-0.2, 0) is 0 Å². The van der Waals surface area contributed by atoms with Crippen molar-refractivity contribution < 1.29 is 14.3 Å². The monoisotopic (exact) mass is 311 g/mol. The molecule has 0 saturated carbocycles. The molecule has 2 aromatic rings. The van der Waals surface area contributed by atoms with E-state index in [0.717, 1.165) is 37.4 Å². The maximum Gasteiger partial charge on any atom is 0.253 e. The molecule has 4 nitrogen and oxygen atoms in total. The van der Waals surface area contributed by atoms with E-state index in [1.165, 1.54) is 0 Å². The van der Waals surface area contributed by atoms with Crippen LogP contribution in [0.5, 0.6) is 11.5 Å². The lowest BCUT2D eigenvalue weighted by molar-refractivity contribution is 0.0595. The van der Waals surface area contributed by atoms with Crippen molar-refractivity contribution in [3.05, 3.63) is 60.2 Å². The van der Waals surface area contributed by atoms with Gasteiger partial charge in [0.2, 0.25) is 0 Å². The zero-order valence-corrected chi connectivity index (χ0v) is 13.3. The van der Waals surface area contributed by atoms with E-state index in [9.17, 15) is 4.79 Å². The Labute approximate surface area is 136 Å². The van der Waals surface area contributed by atoms with Gasteiger partial charge in [-0.2, -0.15) is 0 Å². The van der Waals surface area contributed by atoms with Gasteiger partial charge in [-0.05, 0) is 36.4 Å². The minimum Gasteiger partial charge on any atom is -0.497 e. The normalized spacial score (nSPS) is 15.3. The SMILES string of the molecule is COc1ccc(C(=O)N2CCC(Oc3ccccc3)CC2)cc1. The summed E-state index contributed by atoms with van der Waals surface area (Å²) in [5, 5.41) is 0. The minimum atomic E-state index is 0.0748. The number of para-hydroxylation sites is 1. The molecule has 0 aliphatic carbocycles. The molecule has 2 aromatic carbocycles. The topological polar surface area (TPSA) is 38.8 Å². The van der Waals surface area contributed by atoms with Crippen molar-refractivity contribution in [3.8, 4) is 11.5 Å². The number of likely N-dealkylation sites (tertiary alicyclic amines) is 1. The first-order valence-electron chi connectivity index (χ1n) is 7.91. The molecule has 1 fully saturated rings. The molecule has 1 heterocycles. The first-order valence-corrected chi connectivity index (χ1v) is 7.91. The van der Waals surface area contributed by atoms with Crippen LogP contribution in [0.15, 0.2) is 54.6 Å². The van der Waals surface area contributed by atoms with E-state index in [1.807, 2.05) is 59.5 Å². The van der Waals surface area contributed by atoms with Crippen LogP contribution in [0.25, 0.3) is 0 Å². The van der Waals surface area contributed by atoms with Crippen LogP contribution in [0.4, 0.5) is 0 Å². The Morgan fingerprint density at radius 1 is 0.957 bits per heavy atom. The molecule has 0 unspecified atom stereocenters. The zero-order valence-electron chi connectivity index (χ0n) is 13.3. The van der Waals surface area contributed by atoms with Crippen molar-refractivity contribution in [2.75, 3.05) is 20.2 Å². The van der Waals surface area contributed by atoms with Crippen molar-refractivity contribution in [1.29, 1.82) is 0 Å². The Bertz CT molecular complexity index is 631. The number of hydrogen-bond acceptors (Lipinski definition) is 3. The molecule has 1 aliphatic rings. The predicted molar refractivity (Wildman–Crippen MR) is 89.0 cm³/mol. The highest BCUT2D eigenvalue weighted by atomic mass is 16.5. The summed E-state index contributed by atoms with van der Waals surface area (Å²) in [5.41, 5.74) is 0.702. The lowest BCUT2D eigenvalue weighted by Crippen LogP contribution is -2.41. The maximum atomic E-state index is 12.5. The predicted octanol–water partition coefficient (Wildman–Crippen LogP) is 3.38. The molecule has 1 amide bonds. The molecule has 1 aliphatic heterocycles. The summed E-state index contributed by atoms with van der Waals surface area (Å²) >= 11 is 0. The fourth-order valence-corrected chi connectivity index (χ4v) is 2.78. The summed E-state index contributed by atoms with van der Waals surface area (Å²) in [6.07, 6.45) is 1.89. The van der Waals surface area contributed by atoms with E-state index in [4.69, 9.17) is 9.47 Å². The lowest BCUT2D eigenvalue weighted by Gasteiger charge is -2.32. The molecule has 0 aromatic heterocycles. The van der Waals surface area contributed by atoms with E-state index < -0.39 is 0 Å². The zero-order chi connectivity index (χ0) is 16.1. The van der Waals surface area contributed by atoms with Gasteiger partial charge in [-0.15, -0.1) is 0 Å². The van der Waals surface area contributed by atoms with Crippen LogP contribution >= 0.6 is 0 Å². The van der Waals surface area contributed by atoms with Crippen molar-refractivity contribution in [3.63, 3.8) is 0 Å². The Morgan fingerprint density at radius 2 is 1.61 bits per heavy atom. The maximum absolute atomic E-state index is 12.5. The number of piperidine rings is 1. The molecule has 0 radical (unpaired) electrons. The van der Waals surface area contributed by atoms with Crippen molar-refractivity contribution >= 4 is 5.91 Å². The standard InChI is InChI=1S/C19H21NO3/c1-22-16-9-7-15(8-10-16)19(21)20-13-11-18(12-14-20)23-17-5-3-2-4-6-17/h2-10,18H,11-14H2,1H3. The average molecular weight is 311 g/mol. The quantitative estimate of drug-likeness (QED) is 0.869. The number of benzene rings is 2. The Balaban J connectivity index is 1.54. The molecular formula is C19H21NO3. The van der Waals surface area contributed by atoms with Crippen LogP contribution in [0.3, 0.4) is 0 Å². The number of amides is 1. The highest BCUT2D eigenvalue weighted by Crippen LogP contribution is 2.20. The van der Waals surface area contributed by atoms with Crippen LogP contribution in [0.2, 0.25) is 0 Å². The van der Waals surface area contributed by atoms with E-state index in [-0.39, 0.29) is 12.0 Å². The molecular weight excluding hydrogens is 290 g/mol. The number of carbonyl (C=O) groups excluding carboxylic acids is 1. The molecule has 0 spiro atoms. The van der Waals surface area contributed by atoms with Crippen molar-refractivity contribution in [1.82, 2.24) is 4.90 Å². The first-order chi connectivity index (χ1) is 11.3. The first kappa shape index (κ1) is 15.4. The van der Waals surface area contributed by atoms with Gasteiger partial charge in [-0.25, -0.2) is 0 Å². The highest BCUT2D eigenvalue weighted by Gasteiger charge is 2.24. The lowest BCUT2D eigenvalue weighted by atomic mass is 10.1. The number of carbonyl (C=O) groups is 1. The molecule has 4 heteroatoms. The third-order valence-electron chi connectivity index (χ3n) is 4.11. The third-order valence-corrected chi connectivity index (χ3v) is 4.11. The van der Waals surface area contributed by atoms with Crippen LogP contribution < -0.4 is 9.47 Å². The van der Waals surface area contributed by atoms with E-state index in [0.29, 0.717) is 5.56 Å². The molecule has 0 bridgehead atoms.